The zero-order chi connectivity index (χ0) is 10.8. The van der Waals surface area contributed by atoms with Crippen LogP contribution in [0.15, 0.2) is 30.0 Å². The Balaban J connectivity index is 2.24. The summed E-state index contributed by atoms with van der Waals surface area (Å²) >= 11 is 0. The summed E-state index contributed by atoms with van der Waals surface area (Å²) in [4.78, 5) is 0. The van der Waals surface area contributed by atoms with Gasteiger partial charge in [-0.15, -0.1) is 0 Å². The molecule has 1 nitrogen and oxygen atoms in total. The van der Waals surface area contributed by atoms with E-state index in [1.165, 1.54) is 35.2 Å². The van der Waals surface area contributed by atoms with E-state index < -0.39 is 0 Å². The molecule has 0 heterocycles. The van der Waals surface area contributed by atoms with Gasteiger partial charge >= 0.3 is 0 Å². The maximum Gasteiger partial charge on any atom is 0.0516 e. The van der Waals surface area contributed by atoms with Crippen molar-refractivity contribution >= 4 is 0 Å². The first kappa shape index (κ1) is 10.3. The minimum absolute atomic E-state index is 0.524. The Hall–Kier alpha value is -1.24. The second kappa shape index (κ2) is 4.09. The first-order chi connectivity index (χ1) is 7.20. The summed E-state index contributed by atoms with van der Waals surface area (Å²) < 4.78 is 0. The van der Waals surface area contributed by atoms with Gasteiger partial charge in [0, 0.05) is 5.70 Å². The zero-order valence-corrected chi connectivity index (χ0v) is 9.80. The second-order valence-electron chi connectivity index (χ2n) is 4.41. The number of hydrogen-bond acceptors (Lipinski definition) is 1. The highest BCUT2D eigenvalue weighted by molar-refractivity contribution is 5.38. The largest absolute Gasteiger partial charge is 0.382 e. The summed E-state index contributed by atoms with van der Waals surface area (Å²) in [6.07, 6.45) is 4.57. The summed E-state index contributed by atoms with van der Waals surface area (Å²) in [6.45, 7) is 6.38. The van der Waals surface area contributed by atoms with Gasteiger partial charge in [-0.25, -0.2) is 0 Å². The minimum atomic E-state index is 0.524. The van der Waals surface area contributed by atoms with Crippen molar-refractivity contribution in [3.8, 4) is 0 Å². The van der Waals surface area contributed by atoms with E-state index in [1.54, 1.807) is 0 Å². The highest BCUT2D eigenvalue weighted by Gasteiger charge is 2.21. The van der Waals surface area contributed by atoms with Crippen molar-refractivity contribution in [1.82, 2.24) is 5.32 Å². The SMILES string of the molecule is C/C=C(/C)N[C@@H]1CCc2ccc(C)cc21. The fraction of sp³-hybridized carbons (Fsp3) is 0.429. The molecule has 0 bridgehead atoms. The molecular formula is C14H19N. The summed E-state index contributed by atoms with van der Waals surface area (Å²) in [5.74, 6) is 0. The molecule has 1 aromatic carbocycles. The van der Waals surface area contributed by atoms with Crippen LogP contribution in [0, 0.1) is 6.92 Å². The van der Waals surface area contributed by atoms with Gasteiger partial charge in [-0.2, -0.15) is 0 Å². The summed E-state index contributed by atoms with van der Waals surface area (Å²) in [5.41, 5.74) is 5.65. The number of allylic oxidation sites excluding steroid dienone is 2. The maximum absolute atomic E-state index is 3.57. The first-order valence-corrected chi connectivity index (χ1v) is 5.69. The molecule has 0 fully saturated rings. The molecule has 0 saturated heterocycles. The summed E-state index contributed by atoms with van der Waals surface area (Å²) in [7, 11) is 0. The predicted octanol–water partition coefficient (Wildman–Crippen LogP) is 3.50. The van der Waals surface area contributed by atoms with Crippen molar-refractivity contribution < 1.29 is 0 Å². The van der Waals surface area contributed by atoms with Crippen LogP contribution in [-0.4, -0.2) is 0 Å². The number of fused-ring (bicyclic) bond motifs is 1. The van der Waals surface area contributed by atoms with Gasteiger partial charge in [0.25, 0.3) is 0 Å². The molecular weight excluding hydrogens is 182 g/mol. The average Bonchev–Trinajstić information content (AvgIpc) is 2.61. The van der Waals surface area contributed by atoms with E-state index in [-0.39, 0.29) is 0 Å². The van der Waals surface area contributed by atoms with Crippen LogP contribution in [0.1, 0.15) is 43.0 Å². The van der Waals surface area contributed by atoms with Crippen molar-refractivity contribution in [1.29, 1.82) is 0 Å². The third-order valence-electron chi connectivity index (χ3n) is 3.21. The predicted molar refractivity (Wildman–Crippen MR) is 64.8 cm³/mol. The normalized spacial score (nSPS) is 20.2. The second-order valence-corrected chi connectivity index (χ2v) is 4.41. The van der Waals surface area contributed by atoms with Crippen molar-refractivity contribution in [2.45, 2.75) is 39.7 Å². The molecule has 1 heteroatoms. The molecule has 0 unspecified atom stereocenters. The standard InChI is InChI=1S/C14H19N/c1-4-11(3)15-14-8-7-12-6-5-10(2)9-13(12)14/h4-6,9,14-15H,7-8H2,1-3H3/b11-4-/t14-/m1/s1. The van der Waals surface area contributed by atoms with Crippen LogP contribution in [0.3, 0.4) is 0 Å². The summed E-state index contributed by atoms with van der Waals surface area (Å²) in [6, 6.07) is 7.33. The number of nitrogens with one attached hydrogen (secondary N) is 1. The topological polar surface area (TPSA) is 12.0 Å². The molecule has 0 amide bonds. The molecule has 0 saturated carbocycles. The van der Waals surface area contributed by atoms with Crippen LogP contribution in [0.4, 0.5) is 0 Å². The van der Waals surface area contributed by atoms with Crippen molar-refractivity contribution in [3.05, 3.63) is 46.7 Å². The van der Waals surface area contributed by atoms with Crippen molar-refractivity contribution in [2.75, 3.05) is 0 Å². The molecule has 0 aromatic heterocycles. The van der Waals surface area contributed by atoms with Crippen LogP contribution in [-0.2, 0) is 6.42 Å². The van der Waals surface area contributed by atoms with Gasteiger partial charge < -0.3 is 5.32 Å². The Morgan fingerprint density at radius 1 is 1.47 bits per heavy atom. The minimum Gasteiger partial charge on any atom is -0.382 e. The Morgan fingerprint density at radius 2 is 2.27 bits per heavy atom. The fourth-order valence-corrected chi connectivity index (χ4v) is 2.23. The monoisotopic (exact) mass is 201 g/mol. The summed E-state index contributed by atoms with van der Waals surface area (Å²) in [5, 5.41) is 3.57. The molecule has 1 aliphatic rings. The van der Waals surface area contributed by atoms with Crippen LogP contribution in [0.25, 0.3) is 0 Å². The molecule has 1 aromatic rings. The first-order valence-electron chi connectivity index (χ1n) is 5.69. The van der Waals surface area contributed by atoms with Gasteiger partial charge in [-0.05, 0) is 44.7 Å². The van der Waals surface area contributed by atoms with Crippen LogP contribution < -0.4 is 5.32 Å². The van der Waals surface area contributed by atoms with E-state index in [1.807, 2.05) is 0 Å². The molecule has 15 heavy (non-hydrogen) atoms. The number of benzene rings is 1. The quantitative estimate of drug-likeness (QED) is 0.772. The lowest BCUT2D eigenvalue weighted by atomic mass is 10.0. The van der Waals surface area contributed by atoms with Gasteiger partial charge in [-0.1, -0.05) is 29.8 Å². The van der Waals surface area contributed by atoms with Crippen LogP contribution in [0.5, 0.6) is 0 Å². The fourth-order valence-electron chi connectivity index (χ4n) is 2.23. The van der Waals surface area contributed by atoms with Crippen molar-refractivity contribution in [3.63, 3.8) is 0 Å². The number of rotatable bonds is 2. The lowest BCUT2D eigenvalue weighted by Gasteiger charge is -2.16. The average molecular weight is 201 g/mol. The van der Waals surface area contributed by atoms with E-state index in [9.17, 15) is 0 Å². The van der Waals surface area contributed by atoms with Gasteiger partial charge in [0.15, 0.2) is 0 Å². The third kappa shape index (κ3) is 2.06. The molecule has 0 aliphatic heterocycles. The highest BCUT2D eigenvalue weighted by Crippen LogP contribution is 2.32. The molecule has 0 spiro atoms. The van der Waals surface area contributed by atoms with E-state index in [2.05, 4.69) is 50.4 Å². The Kier molecular flexibility index (Phi) is 2.81. The lowest BCUT2D eigenvalue weighted by molar-refractivity contribution is 0.592. The van der Waals surface area contributed by atoms with Crippen LogP contribution in [0.2, 0.25) is 0 Å². The number of hydrogen-bond donors (Lipinski definition) is 1. The maximum atomic E-state index is 3.57. The molecule has 1 atom stereocenters. The Bertz CT molecular complexity index is 390. The molecule has 1 N–H and O–H groups in total. The molecule has 0 radical (unpaired) electrons. The Labute approximate surface area is 92.2 Å². The smallest absolute Gasteiger partial charge is 0.0516 e. The van der Waals surface area contributed by atoms with Gasteiger partial charge in [-0.3, -0.25) is 0 Å². The Morgan fingerprint density at radius 3 is 3.00 bits per heavy atom. The molecule has 2 rings (SSSR count). The van der Waals surface area contributed by atoms with E-state index in [0.29, 0.717) is 6.04 Å². The zero-order valence-electron chi connectivity index (χ0n) is 9.80. The van der Waals surface area contributed by atoms with Crippen LogP contribution >= 0.6 is 0 Å². The number of aryl methyl sites for hydroxylation is 2. The molecule has 1 aliphatic carbocycles. The van der Waals surface area contributed by atoms with Gasteiger partial charge in [0.1, 0.15) is 0 Å². The van der Waals surface area contributed by atoms with E-state index in [4.69, 9.17) is 0 Å². The van der Waals surface area contributed by atoms with Crippen molar-refractivity contribution in [2.24, 2.45) is 0 Å². The highest BCUT2D eigenvalue weighted by atomic mass is 14.9. The van der Waals surface area contributed by atoms with Gasteiger partial charge in [0.05, 0.1) is 6.04 Å². The third-order valence-corrected chi connectivity index (χ3v) is 3.21. The van der Waals surface area contributed by atoms with E-state index in [0.717, 1.165) is 0 Å². The van der Waals surface area contributed by atoms with Gasteiger partial charge in [0.2, 0.25) is 0 Å². The van der Waals surface area contributed by atoms with E-state index >= 15 is 0 Å². The molecule has 80 valence electrons. The lowest BCUT2D eigenvalue weighted by Crippen LogP contribution is -2.16.